The molecule has 0 aromatic carbocycles. The molecule has 28 heavy (non-hydrogen) atoms. The lowest BCUT2D eigenvalue weighted by Gasteiger charge is -2.72. The van der Waals surface area contributed by atoms with Gasteiger partial charge in [0.2, 0.25) is 0 Å². The van der Waals surface area contributed by atoms with Gasteiger partial charge in [0.25, 0.3) is 0 Å². The summed E-state index contributed by atoms with van der Waals surface area (Å²) in [5, 5.41) is 41.6. The SMILES string of the molecule is CC(C)(C)C1=C2C=CC23C(C(C)(C)C)=C2C=CC21C(C#N)(C#N)C3(C#N)C#N. The van der Waals surface area contributed by atoms with Gasteiger partial charge in [0.15, 0.2) is 10.8 Å². The van der Waals surface area contributed by atoms with Crippen LogP contribution in [0, 0.1) is 77.8 Å². The zero-order valence-corrected chi connectivity index (χ0v) is 17.1. The van der Waals surface area contributed by atoms with Gasteiger partial charge in [-0.05, 0) is 33.1 Å². The van der Waals surface area contributed by atoms with Crippen molar-refractivity contribution in [3.05, 3.63) is 46.6 Å². The molecule has 2 spiro atoms. The van der Waals surface area contributed by atoms with Crippen LogP contribution in [0.5, 0.6) is 0 Å². The van der Waals surface area contributed by atoms with Crippen LogP contribution in [0.15, 0.2) is 46.6 Å². The Morgan fingerprint density at radius 1 is 0.607 bits per heavy atom. The van der Waals surface area contributed by atoms with Gasteiger partial charge >= 0.3 is 0 Å². The zero-order valence-electron chi connectivity index (χ0n) is 17.1. The summed E-state index contributed by atoms with van der Waals surface area (Å²) in [5.74, 6) is 0. The van der Waals surface area contributed by atoms with Gasteiger partial charge in [-0.15, -0.1) is 0 Å². The molecular formula is C24H22N4. The highest BCUT2D eigenvalue weighted by Crippen LogP contribution is 2.84. The average molecular weight is 366 g/mol. The van der Waals surface area contributed by atoms with Crippen molar-refractivity contribution in [1.82, 2.24) is 0 Å². The molecule has 4 nitrogen and oxygen atoms in total. The molecule has 0 aromatic rings. The lowest BCUT2D eigenvalue weighted by Crippen LogP contribution is -2.72. The van der Waals surface area contributed by atoms with E-state index in [0.717, 1.165) is 22.3 Å². The number of nitriles is 4. The number of rotatable bonds is 0. The molecule has 138 valence electrons. The van der Waals surface area contributed by atoms with Crippen LogP contribution >= 0.6 is 0 Å². The standard InChI is InChI=1S/C24H22N4/c1-19(2,3)17-15-7-10-24(15)18(20(4,5)6)16-8-9-23(16,17)21(11-25,12-26)22(24,13-27)14-28/h7-10H,1-6H3. The van der Waals surface area contributed by atoms with E-state index in [1.807, 2.05) is 24.3 Å². The van der Waals surface area contributed by atoms with Crippen LogP contribution in [0.1, 0.15) is 41.5 Å². The predicted octanol–water partition coefficient (Wildman–Crippen LogP) is 4.88. The molecule has 4 heteroatoms. The summed E-state index contributed by atoms with van der Waals surface area (Å²) in [4.78, 5) is 0. The molecule has 5 aliphatic rings. The van der Waals surface area contributed by atoms with Crippen molar-refractivity contribution >= 4 is 0 Å². The summed E-state index contributed by atoms with van der Waals surface area (Å²) in [6, 6.07) is 8.83. The van der Waals surface area contributed by atoms with E-state index < -0.39 is 21.7 Å². The molecule has 0 amide bonds. The third-order valence-electron chi connectivity index (χ3n) is 7.09. The van der Waals surface area contributed by atoms with E-state index in [1.165, 1.54) is 0 Å². The fraction of sp³-hybridized carbons (Fsp3) is 0.500. The van der Waals surface area contributed by atoms with Crippen LogP contribution in [0.2, 0.25) is 0 Å². The number of nitrogens with zero attached hydrogens (tertiary/aromatic N) is 4. The molecular weight excluding hydrogens is 344 g/mol. The van der Waals surface area contributed by atoms with Crippen molar-refractivity contribution in [1.29, 1.82) is 21.0 Å². The minimum absolute atomic E-state index is 0.333. The van der Waals surface area contributed by atoms with Crippen molar-refractivity contribution in [3.63, 3.8) is 0 Å². The summed E-state index contributed by atoms with van der Waals surface area (Å²) in [5.41, 5.74) is -2.46. The van der Waals surface area contributed by atoms with E-state index in [1.54, 1.807) is 0 Å². The van der Waals surface area contributed by atoms with Gasteiger partial charge in [-0.2, -0.15) is 21.0 Å². The zero-order chi connectivity index (χ0) is 21.0. The Bertz CT molecular complexity index is 1010. The van der Waals surface area contributed by atoms with Crippen LogP contribution in [-0.2, 0) is 0 Å². The molecule has 2 atom stereocenters. The van der Waals surface area contributed by atoms with E-state index in [4.69, 9.17) is 0 Å². The third kappa shape index (κ3) is 1.30. The van der Waals surface area contributed by atoms with Gasteiger partial charge < -0.3 is 0 Å². The van der Waals surface area contributed by atoms with E-state index >= 15 is 0 Å². The maximum atomic E-state index is 10.4. The van der Waals surface area contributed by atoms with Crippen molar-refractivity contribution < 1.29 is 0 Å². The Morgan fingerprint density at radius 2 is 0.893 bits per heavy atom. The monoisotopic (exact) mass is 366 g/mol. The molecule has 2 bridgehead atoms. The molecule has 0 radical (unpaired) electrons. The minimum Gasteiger partial charge on any atom is -0.196 e. The Hall–Kier alpha value is -3.08. The van der Waals surface area contributed by atoms with Crippen LogP contribution in [0.3, 0.4) is 0 Å². The number of hydrogen-bond acceptors (Lipinski definition) is 4. The van der Waals surface area contributed by atoms with Crippen LogP contribution < -0.4 is 0 Å². The first-order valence-corrected chi connectivity index (χ1v) is 9.47. The largest absolute Gasteiger partial charge is 0.196 e. The highest BCUT2D eigenvalue weighted by atomic mass is 14.8. The van der Waals surface area contributed by atoms with Gasteiger partial charge in [0, 0.05) is 0 Å². The van der Waals surface area contributed by atoms with Gasteiger partial charge in [-0.3, -0.25) is 0 Å². The van der Waals surface area contributed by atoms with Crippen LogP contribution in [-0.4, -0.2) is 0 Å². The number of fused-ring (bicyclic) bond motifs is 1. The van der Waals surface area contributed by atoms with E-state index in [-0.39, 0.29) is 10.8 Å². The molecule has 5 rings (SSSR count). The van der Waals surface area contributed by atoms with E-state index in [2.05, 4.69) is 65.8 Å². The first-order valence-electron chi connectivity index (χ1n) is 9.47. The van der Waals surface area contributed by atoms with Crippen LogP contribution in [0.25, 0.3) is 0 Å². The van der Waals surface area contributed by atoms with Gasteiger partial charge in [-0.25, -0.2) is 0 Å². The summed E-state index contributed by atoms with van der Waals surface area (Å²) in [6.45, 7) is 12.4. The average Bonchev–Trinajstić information content (AvgIpc) is 2.56. The van der Waals surface area contributed by atoms with Gasteiger partial charge in [-0.1, -0.05) is 65.8 Å². The lowest BCUT2D eigenvalue weighted by atomic mass is 9.25. The minimum atomic E-state index is -1.81. The third-order valence-corrected chi connectivity index (χ3v) is 7.09. The Labute approximate surface area is 166 Å². The Balaban J connectivity index is 2.36. The predicted molar refractivity (Wildman–Crippen MR) is 103 cm³/mol. The molecule has 0 fully saturated rings. The lowest BCUT2D eigenvalue weighted by molar-refractivity contribution is 0.0225. The second kappa shape index (κ2) is 4.49. The highest BCUT2D eigenvalue weighted by molar-refractivity contribution is 5.80. The van der Waals surface area contributed by atoms with Gasteiger partial charge in [0.1, 0.15) is 0 Å². The Morgan fingerprint density at radius 3 is 1.04 bits per heavy atom. The Kier molecular flexibility index (Phi) is 2.93. The normalized spacial score (nSPS) is 32.8. The molecule has 0 aliphatic heterocycles. The summed E-state index contributed by atoms with van der Waals surface area (Å²) >= 11 is 0. The second-order valence-corrected chi connectivity index (χ2v) is 10.3. The summed E-state index contributed by atoms with van der Waals surface area (Å²) < 4.78 is 0. The maximum Gasteiger partial charge on any atom is 0.193 e. The van der Waals surface area contributed by atoms with Crippen LogP contribution in [0.4, 0.5) is 0 Å². The molecule has 0 N–H and O–H groups in total. The van der Waals surface area contributed by atoms with E-state index in [0.29, 0.717) is 0 Å². The van der Waals surface area contributed by atoms with Crippen molar-refractivity contribution in [2.24, 2.45) is 32.5 Å². The maximum absolute atomic E-state index is 10.4. The van der Waals surface area contributed by atoms with Gasteiger partial charge in [0.05, 0.1) is 35.1 Å². The topological polar surface area (TPSA) is 95.2 Å². The van der Waals surface area contributed by atoms with Crippen molar-refractivity contribution in [2.75, 3.05) is 0 Å². The fourth-order valence-electron chi connectivity index (χ4n) is 6.44. The molecule has 0 aromatic heterocycles. The quantitative estimate of drug-likeness (QED) is 0.610. The summed E-state index contributed by atoms with van der Waals surface area (Å²) in [6.07, 6.45) is 7.76. The molecule has 0 heterocycles. The first kappa shape index (κ1) is 18.3. The molecule has 0 saturated heterocycles. The smallest absolute Gasteiger partial charge is 0.193 e. The first-order chi connectivity index (χ1) is 12.9. The van der Waals surface area contributed by atoms with Crippen molar-refractivity contribution in [3.8, 4) is 24.3 Å². The van der Waals surface area contributed by atoms with Crippen molar-refractivity contribution in [2.45, 2.75) is 41.5 Å². The molecule has 5 aliphatic carbocycles. The summed E-state index contributed by atoms with van der Waals surface area (Å²) in [7, 11) is 0. The highest BCUT2D eigenvalue weighted by Gasteiger charge is 2.85. The number of hydrogen-bond donors (Lipinski definition) is 0. The molecule has 2 unspecified atom stereocenters. The molecule has 0 saturated carbocycles. The fourth-order valence-corrected chi connectivity index (χ4v) is 6.44. The second-order valence-electron chi connectivity index (χ2n) is 10.3. The van der Waals surface area contributed by atoms with E-state index in [9.17, 15) is 21.0 Å². The number of allylic oxidation sites excluding steroid dienone is 8.